The highest BCUT2D eigenvalue weighted by Gasteiger charge is 2.32. The number of aliphatic imine (C=N–C) groups is 1. The van der Waals surface area contributed by atoms with Gasteiger partial charge in [0.15, 0.2) is 5.96 Å². The van der Waals surface area contributed by atoms with Gasteiger partial charge in [-0.3, -0.25) is 9.79 Å². The maximum absolute atomic E-state index is 12.5. The van der Waals surface area contributed by atoms with Gasteiger partial charge in [-0.2, -0.15) is 0 Å². The van der Waals surface area contributed by atoms with Gasteiger partial charge in [0.05, 0.1) is 0 Å². The minimum absolute atomic E-state index is 0. The Balaban J connectivity index is 0.00000312. The summed E-state index contributed by atoms with van der Waals surface area (Å²) < 4.78 is 0. The second-order valence-electron chi connectivity index (χ2n) is 8.47. The largest absolute Gasteiger partial charge is 0.357 e. The Morgan fingerprint density at radius 3 is 2.48 bits per heavy atom. The Morgan fingerprint density at radius 2 is 1.88 bits per heavy atom. The fourth-order valence-corrected chi connectivity index (χ4v) is 3.53. The molecule has 1 aliphatic carbocycles. The van der Waals surface area contributed by atoms with Crippen molar-refractivity contribution in [2.24, 2.45) is 16.3 Å². The van der Waals surface area contributed by atoms with Crippen LogP contribution in [0.4, 0.5) is 0 Å². The smallest absolute Gasteiger partial charge is 0.225 e. The molecule has 2 aliphatic rings. The second kappa shape index (κ2) is 10.6. The summed E-state index contributed by atoms with van der Waals surface area (Å²) in [6, 6.07) is 0.322. The Bertz CT molecular complexity index is 441. The number of carbonyl (C=O) groups is 1. The van der Waals surface area contributed by atoms with Crippen LogP contribution in [0.25, 0.3) is 0 Å². The summed E-state index contributed by atoms with van der Waals surface area (Å²) in [5.41, 5.74) is 0.304. The lowest BCUT2D eigenvalue weighted by Crippen LogP contribution is -2.45. The molecule has 0 aromatic heterocycles. The summed E-state index contributed by atoms with van der Waals surface area (Å²) in [5, 5.41) is 6.85. The summed E-state index contributed by atoms with van der Waals surface area (Å²) in [6.07, 6.45) is 6.70. The SMILES string of the molecule is CCNC(=NCCC(C)(C)C)NC1CCN(C(=O)C2CCCC2)C1.I. The predicted octanol–water partition coefficient (Wildman–Crippen LogP) is 3.39. The summed E-state index contributed by atoms with van der Waals surface area (Å²) in [7, 11) is 0. The van der Waals surface area contributed by atoms with E-state index in [1.807, 2.05) is 0 Å². The fourth-order valence-electron chi connectivity index (χ4n) is 3.53. The quantitative estimate of drug-likeness (QED) is 0.373. The van der Waals surface area contributed by atoms with Gasteiger partial charge in [0.1, 0.15) is 0 Å². The molecule has 2 rings (SSSR count). The van der Waals surface area contributed by atoms with E-state index in [9.17, 15) is 4.79 Å². The number of halogens is 1. The van der Waals surface area contributed by atoms with Crippen molar-refractivity contribution in [3.05, 3.63) is 0 Å². The number of nitrogens with one attached hydrogen (secondary N) is 2. The van der Waals surface area contributed by atoms with E-state index in [4.69, 9.17) is 4.99 Å². The number of rotatable bonds is 5. The molecule has 0 bridgehead atoms. The van der Waals surface area contributed by atoms with Crippen molar-refractivity contribution in [2.75, 3.05) is 26.2 Å². The minimum Gasteiger partial charge on any atom is -0.357 e. The maximum atomic E-state index is 12.5. The molecular weight excluding hydrogens is 427 g/mol. The van der Waals surface area contributed by atoms with Crippen LogP contribution in [0.1, 0.15) is 66.2 Å². The molecule has 0 aromatic carbocycles. The summed E-state index contributed by atoms with van der Waals surface area (Å²) >= 11 is 0. The lowest BCUT2D eigenvalue weighted by atomic mass is 9.92. The van der Waals surface area contributed by atoms with E-state index >= 15 is 0 Å². The molecule has 2 fully saturated rings. The van der Waals surface area contributed by atoms with Crippen molar-refractivity contribution in [1.82, 2.24) is 15.5 Å². The summed E-state index contributed by atoms with van der Waals surface area (Å²) in [5.74, 6) is 1.56. The van der Waals surface area contributed by atoms with E-state index in [2.05, 4.69) is 43.2 Å². The van der Waals surface area contributed by atoms with E-state index in [1.54, 1.807) is 0 Å². The van der Waals surface area contributed by atoms with Crippen LogP contribution in [-0.4, -0.2) is 49.0 Å². The number of likely N-dealkylation sites (tertiary alicyclic amines) is 1. The highest BCUT2D eigenvalue weighted by Crippen LogP contribution is 2.27. The molecule has 1 amide bonds. The molecule has 0 aromatic rings. The molecule has 6 heteroatoms. The normalized spacial score (nSPS) is 22.0. The lowest BCUT2D eigenvalue weighted by molar-refractivity contribution is -0.134. The van der Waals surface area contributed by atoms with Crippen molar-refractivity contribution in [3.8, 4) is 0 Å². The first-order chi connectivity index (χ1) is 11.4. The number of amides is 1. The highest BCUT2D eigenvalue weighted by molar-refractivity contribution is 14.0. The van der Waals surface area contributed by atoms with Crippen LogP contribution in [0.5, 0.6) is 0 Å². The molecule has 5 nitrogen and oxygen atoms in total. The first-order valence-electron chi connectivity index (χ1n) is 9.72. The number of hydrogen-bond donors (Lipinski definition) is 2. The highest BCUT2D eigenvalue weighted by atomic mass is 127. The van der Waals surface area contributed by atoms with Crippen molar-refractivity contribution < 1.29 is 4.79 Å². The van der Waals surface area contributed by atoms with Gasteiger partial charge < -0.3 is 15.5 Å². The first-order valence-corrected chi connectivity index (χ1v) is 9.72. The van der Waals surface area contributed by atoms with Gasteiger partial charge in [-0.1, -0.05) is 33.6 Å². The molecule has 1 aliphatic heterocycles. The first kappa shape index (κ1) is 22.5. The maximum Gasteiger partial charge on any atom is 0.225 e. The zero-order valence-electron chi connectivity index (χ0n) is 16.4. The van der Waals surface area contributed by atoms with Crippen LogP contribution in [0.2, 0.25) is 0 Å². The molecule has 1 atom stereocenters. The zero-order valence-corrected chi connectivity index (χ0v) is 18.8. The zero-order chi connectivity index (χ0) is 17.6. The molecule has 1 heterocycles. The summed E-state index contributed by atoms with van der Waals surface area (Å²) in [6.45, 7) is 12.2. The van der Waals surface area contributed by atoms with E-state index in [0.717, 1.165) is 57.8 Å². The third-order valence-corrected chi connectivity index (χ3v) is 5.02. The molecular formula is C19H37IN4O. The number of hydrogen-bond acceptors (Lipinski definition) is 2. The van der Waals surface area contributed by atoms with E-state index in [1.165, 1.54) is 12.8 Å². The van der Waals surface area contributed by atoms with E-state index in [0.29, 0.717) is 17.4 Å². The van der Waals surface area contributed by atoms with Crippen LogP contribution in [-0.2, 0) is 4.79 Å². The molecule has 25 heavy (non-hydrogen) atoms. The van der Waals surface area contributed by atoms with Crippen LogP contribution >= 0.6 is 24.0 Å². The third kappa shape index (κ3) is 7.71. The van der Waals surface area contributed by atoms with Crippen molar-refractivity contribution in [1.29, 1.82) is 0 Å². The molecule has 1 saturated carbocycles. The average molecular weight is 464 g/mol. The molecule has 1 unspecified atom stereocenters. The van der Waals surface area contributed by atoms with Crippen molar-refractivity contribution >= 4 is 35.8 Å². The predicted molar refractivity (Wildman–Crippen MR) is 116 cm³/mol. The standard InChI is InChI=1S/C19H36N4O.HI/c1-5-20-18(21-12-11-19(2,3)4)22-16-10-13-23(14-16)17(24)15-8-6-7-9-15;/h15-16H,5-14H2,1-4H3,(H2,20,21,22);1H. The molecule has 1 saturated heterocycles. The topological polar surface area (TPSA) is 56.7 Å². The lowest BCUT2D eigenvalue weighted by Gasteiger charge is -2.22. The number of guanidine groups is 1. The Kier molecular flexibility index (Phi) is 9.52. The fraction of sp³-hybridized carbons (Fsp3) is 0.895. The van der Waals surface area contributed by atoms with Crippen molar-refractivity contribution in [2.45, 2.75) is 72.3 Å². The van der Waals surface area contributed by atoms with Gasteiger partial charge in [-0.15, -0.1) is 24.0 Å². The van der Waals surface area contributed by atoms with Gasteiger partial charge in [0, 0.05) is 38.1 Å². The molecule has 0 radical (unpaired) electrons. The third-order valence-electron chi connectivity index (χ3n) is 5.02. The van der Waals surface area contributed by atoms with Gasteiger partial charge in [0.25, 0.3) is 0 Å². The van der Waals surface area contributed by atoms with Gasteiger partial charge in [-0.25, -0.2) is 0 Å². The monoisotopic (exact) mass is 464 g/mol. The molecule has 0 spiro atoms. The van der Waals surface area contributed by atoms with Crippen molar-refractivity contribution in [3.63, 3.8) is 0 Å². The van der Waals surface area contributed by atoms with Gasteiger partial charge in [-0.05, 0) is 38.0 Å². The van der Waals surface area contributed by atoms with Crippen LogP contribution in [0.3, 0.4) is 0 Å². The van der Waals surface area contributed by atoms with Crippen LogP contribution < -0.4 is 10.6 Å². The summed E-state index contributed by atoms with van der Waals surface area (Å²) in [4.78, 5) is 19.3. The van der Waals surface area contributed by atoms with Gasteiger partial charge in [0.2, 0.25) is 5.91 Å². The minimum atomic E-state index is 0. The Hall–Kier alpha value is -0.530. The number of nitrogens with zero attached hydrogens (tertiary/aromatic N) is 2. The Labute approximate surface area is 170 Å². The van der Waals surface area contributed by atoms with Gasteiger partial charge >= 0.3 is 0 Å². The number of carbonyl (C=O) groups excluding carboxylic acids is 1. The second-order valence-corrected chi connectivity index (χ2v) is 8.47. The molecule has 2 N–H and O–H groups in total. The Morgan fingerprint density at radius 1 is 1.20 bits per heavy atom. The van der Waals surface area contributed by atoms with E-state index < -0.39 is 0 Å². The van der Waals surface area contributed by atoms with E-state index in [-0.39, 0.29) is 29.9 Å². The molecule has 146 valence electrons. The average Bonchev–Trinajstić information content (AvgIpc) is 3.17. The van der Waals surface area contributed by atoms with Crippen LogP contribution in [0.15, 0.2) is 4.99 Å². The van der Waals surface area contributed by atoms with Crippen LogP contribution in [0, 0.1) is 11.3 Å².